The van der Waals surface area contributed by atoms with Gasteiger partial charge in [0.2, 0.25) is 0 Å². The molecule has 4 heterocycles. The van der Waals surface area contributed by atoms with Gasteiger partial charge in [-0.15, -0.1) is 0 Å². The Morgan fingerprint density at radius 2 is 2.04 bits per heavy atom. The minimum absolute atomic E-state index is 0.0573. The van der Waals surface area contributed by atoms with Crippen LogP contribution in [0.1, 0.15) is 20.3 Å². The van der Waals surface area contributed by atoms with E-state index in [4.69, 9.17) is 14.2 Å². The highest BCUT2D eigenvalue weighted by atomic mass is 16.6. The fraction of sp³-hybridized carbons (Fsp3) is 0.667. The number of rotatable bonds is 0. The number of hydrogen-bond acceptors (Lipinski definition) is 6. The fourth-order valence-corrected chi connectivity index (χ4v) is 5.98. The van der Waals surface area contributed by atoms with Gasteiger partial charge in [0.05, 0.1) is 23.7 Å². The highest BCUT2D eigenvalue weighted by Gasteiger charge is 2.77. The first-order valence-corrected chi connectivity index (χ1v) is 8.53. The van der Waals surface area contributed by atoms with Gasteiger partial charge in [0.15, 0.2) is 0 Å². The molecule has 2 aliphatic carbocycles. The van der Waals surface area contributed by atoms with Gasteiger partial charge in [-0.25, -0.2) is 4.79 Å². The van der Waals surface area contributed by atoms with Crippen molar-refractivity contribution in [2.24, 2.45) is 22.7 Å². The summed E-state index contributed by atoms with van der Waals surface area (Å²) in [5.41, 5.74) is 0.0916. The van der Waals surface area contributed by atoms with Gasteiger partial charge in [0.25, 0.3) is 0 Å². The number of hydrogen-bond donors (Lipinski definition) is 1. The van der Waals surface area contributed by atoms with Crippen LogP contribution in [0.2, 0.25) is 0 Å². The Labute approximate surface area is 139 Å². The molecule has 0 amide bonds. The Morgan fingerprint density at radius 3 is 2.83 bits per heavy atom. The minimum Gasteiger partial charge on any atom is -0.461 e. The van der Waals surface area contributed by atoms with Crippen LogP contribution in [0.25, 0.3) is 0 Å². The van der Waals surface area contributed by atoms with E-state index in [9.17, 15) is 14.7 Å². The van der Waals surface area contributed by atoms with Crippen LogP contribution < -0.4 is 0 Å². The lowest BCUT2D eigenvalue weighted by atomic mass is 9.40. The molecule has 2 saturated heterocycles. The van der Waals surface area contributed by atoms with Gasteiger partial charge >= 0.3 is 11.9 Å². The van der Waals surface area contributed by atoms with Gasteiger partial charge in [-0.3, -0.25) is 4.79 Å². The van der Waals surface area contributed by atoms with Crippen LogP contribution in [-0.2, 0) is 23.8 Å². The molecule has 1 N–H and O–H groups in total. The second-order valence-corrected chi connectivity index (χ2v) is 7.74. The summed E-state index contributed by atoms with van der Waals surface area (Å²) in [7, 11) is 0. The molecule has 2 saturated carbocycles. The maximum atomic E-state index is 13.0. The van der Waals surface area contributed by atoms with Gasteiger partial charge in [0, 0.05) is 12.0 Å². The number of aliphatic hydroxyl groups is 1. The molecule has 6 aliphatic rings. The normalized spacial score (nSPS) is 51.7. The average Bonchev–Trinajstić information content (AvgIpc) is 2.53. The van der Waals surface area contributed by atoms with Crippen LogP contribution in [0, 0.1) is 22.7 Å². The second kappa shape index (κ2) is 4.29. The third-order valence-electron chi connectivity index (χ3n) is 6.94. The molecule has 7 atom stereocenters. The molecular weight excluding hydrogens is 312 g/mol. The van der Waals surface area contributed by atoms with E-state index in [2.05, 4.69) is 0 Å². The predicted octanol–water partition coefficient (Wildman–Crippen LogP) is 0.743. The summed E-state index contributed by atoms with van der Waals surface area (Å²) in [5, 5.41) is 11.3. The third-order valence-corrected chi connectivity index (χ3v) is 6.94. The number of esters is 2. The molecule has 0 aromatic heterocycles. The van der Waals surface area contributed by atoms with E-state index in [0.717, 1.165) is 11.1 Å². The van der Waals surface area contributed by atoms with E-state index in [1.165, 1.54) is 6.08 Å². The summed E-state index contributed by atoms with van der Waals surface area (Å²) in [6.07, 6.45) is 2.51. The van der Waals surface area contributed by atoms with Crippen LogP contribution in [0.15, 0.2) is 23.3 Å². The van der Waals surface area contributed by atoms with E-state index >= 15 is 0 Å². The molecule has 6 rings (SSSR count). The number of fused-ring (bicyclic) bond motifs is 1. The summed E-state index contributed by atoms with van der Waals surface area (Å²) in [6.45, 7) is 4.24. The van der Waals surface area contributed by atoms with Gasteiger partial charge in [-0.2, -0.15) is 0 Å². The van der Waals surface area contributed by atoms with Crippen molar-refractivity contribution < 1.29 is 28.9 Å². The standard InChI is InChI=1S/C18H20O6/c1-8-5-10-6-12(19)23-7-17(10)14(20)13-9(2)24-15(17)18(8)11(13)3-4-22-16(18)21/h3,6,8-9,13-15,20H,4-5,7H2,1-2H3/t8-,9-,13+,14?,15-,17-,18-/m0/s1. The van der Waals surface area contributed by atoms with Crippen LogP contribution in [0.3, 0.4) is 0 Å². The van der Waals surface area contributed by atoms with E-state index in [1.807, 2.05) is 19.9 Å². The smallest absolute Gasteiger partial charge is 0.330 e. The molecule has 4 bridgehead atoms. The average molecular weight is 332 g/mol. The summed E-state index contributed by atoms with van der Waals surface area (Å²) in [6, 6.07) is 0. The van der Waals surface area contributed by atoms with Crippen molar-refractivity contribution >= 4 is 11.9 Å². The number of carbonyl (C=O) groups excluding carboxylic acids is 2. The van der Waals surface area contributed by atoms with E-state index in [0.29, 0.717) is 6.42 Å². The molecule has 4 aliphatic heterocycles. The highest BCUT2D eigenvalue weighted by Crippen LogP contribution is 2.70. The number of ether oxygens (including phenoxy) is 3. The quantitative estimate of drug-likeness (QED) is 0.520. The van der Waals surface area contributed by atoms with Gasteiger partial charge in [0.1, 0.15) is 18.6 Å². The number of aliphatic hydroxyl groups excluding tert-OH is 1. The zero-order chi connectivity index (χ0) is 16.9. The predicted molar refractivity (Wildman–Crippen MR) is 80.6 cm³/mol. The first-order chi connectivity index (χ1) is 11.4. The Morgan fingerprint density at radius 1 is 1.25 bits per heavy atom. The lowest BCUT2D eigenvalue weighted by Crippen LogP contribution is -2.78. The van der Waals surface area contributed by atoms with Crippen molar-refractivity contribution in [3.8, 4) is 0 Å². The maximum absolute atomic E-state index is 13.0. The van der Waals surface area contributed by atoms with Crippen molar-refractivity contribution in [1.82, 2.24) is 0 Å². The summed E-state index contributed by atoms with van der Waals surface area (Å²) < 4.78 is 17.0. The largest absolute Gasteiger partial charge is 0.461 e. The van der Waals surface area contributed by atoms with Crippen molar-refractivity contribution in [3.05, 3.63) is 23.3 Å². The molecule has 128 valence electrons. The summed E-state index contributed by atoms with van der Waals surface area (Å²) in [4.78, 5) is 24.7. The van der Waals surface area contributed by atoms with Gasteiger partial charge < -0.3 is 19.3 Å². The highest BCUT2D eigenvalue weighted by molar-refractivity contribution is 5.88. The molecule has 0 aromatic rings. The van der Waals surface area contributed by atoms with Crippen molar-refractivity contribution in [3.63, 3.8) is 0 Å². The summed E-state index contributed by atoms with van der Waals surface area (Å²) >= 11 is 0. The Balaban J connectivity index is 1.81. The van der Waals surface area contributed by atoms with Crippen molar-refractivity contribution in [2.75, 3.05) is 13.2 Å². The van der Waals surface area contributed by atoms with Crippen LogP contribution in [-0.4, -0.2) is 48.6 Å². The Hall–Kier alpha value is -1.66. The lowest BCUT2D eigenvalue weighted by Gasteiger charge is -2.69. The van der Waals surface area contributed by atoms with Crippen LogP contribution in [0.4, 0.5) is 0 Å². The Kier molecular flexibility index (Phi) is 2.62. The lowest BCUT2D eigenvalue weighted by molar-refractivity contribution is -0.290. The molecule has 6 nitrogen and oxygen atoms in total. The first kappa shape index (κ1) is 14.7. The second-order valence-electron chi connectivity index (χ2n) is 7.74. The molecule has 6 heteroatoms. The molecule has 0 aromatic carbocycles. The monoisotopic (exact) mass is 332 g/mol. The zero-order valence-corrected chi connectivity index (χ0v) is 13.7. The summed E-state index contributed by atoms with van der Waals surface area (Å²) in [5.74, 6) is -1.00. The van der Waals surface area contributed by atoms with E-state index in [1.54, 1.807) is 0 Å². The zero-order valence-electron chi connectivity index (χ0n) is 13.7. The first-order valence-electron chi connectivity index (χ1n) is 8.53. The third kappa shape index (κ3) is 1.31. The SMILES string of the molecule is C[C@@H]1O[C@@H]2[C@@]34C(=O)OCC=C3[C@@H]1C(O)[C@@]21COC(=O)C=C1C[C@@H]4C. The molecule has 2 spiro atoms. The molecule has 0 radical (unpaired) electrons. The van der Waals surface area contributed by atoms with E-state index < -0.39 is 23.0 Å². The molecule has 4 fully saturated rings. The van der Waals surface area contributed by atoms with E-state index in [-0.39, 0.29) is 43.1 Å². The minimum atomic E-state index is -0.879. The van der Waals surface area contributed by atoms with Crippen LogP contribution in [0.5, 0.6) is 0 Å². The molecule has 24 heavy (non-hydrogen) atoms. The van der Waals surface area contributed by atoms with Crippen molar-refractivity contribution in [1.29, 1.82) is 0 Å². The Bertz CT molecular complexity index is 723. The fourth-order valence-electron chi connectivity index (χ4n) is 5.98. The number of cyclic esters (lactones) is 2. The van der Waals surface area contributed by atoms with Crippen LogP contribution >= 0.6 is 0 Å². The van der Waals surface area contributed by atoms with Gasteiger partial charge in [-0.1, -0.05) is 6.92 Å². The number of carbonyl (C=O) groups is 2. The van der Waals surface area contributed by atoms with Crippen molar-refractivity contribution in [2.45, 2.75) is 38.6 Å². The molecule has 1 unspecified atom stereocenters. The topological polar surface area (TPSA) is 82.1 Å². The maximum Gasteiger partial charge on any atom is 0.330 e. The molecular formula is C18H20O6. The van der Waals surface area contributed by atoms with Gasteiger partial charge in [-0.05, 0) is 36.5 Å².